The molecule has 0 aromatic heterocycles. The first-order valence-electron chi connectivity index (χ1n) is 9.92. The van der Waals surface area contributed by atoms with Crippen molar-refractivity contribution in [2.45, 2.75) is 6.92 Å². The Kier molecular flexibility index (Phi) is 9.37. The van der Waals surface area contributed by atoms with Gasteiger partial charge in [-0.3, -0.25) is 5.41 Å². The third kappa shape index (κ3) is 6.47. The first kappa shape index (κ1) is 24.2. The molecular weight excluding hydrogens is 397 g/mol. The number of benzene rings is 2. The molecule has 0 atom stereocenters. The largest absolute Gasteiger partial charge is 0.496 e. The summed E-state index contributed by atoms with van der Waals surface area (Å²) in [6.45, 7) is 8.39. The lowest BCUT2D eigenvalue weighted by Crippen LogP contribution is -2.31. The highest BCUT2D eigenvalue weighted by Gasteiger charge is 2.13. The van der Waals surface area contributed by atoms with Gasteiger partial charge in [0.15, 0.2) is 5.84 Å². The second-order valence-electron chi connectivity index (χ2n) is 6.84. The molecule has 0 amide bonds. The summed E-state index contributed by atoms with van der Waals surface area (Å²) in [6, 6.07) is 9.96. The zero-order valence-electron chi connectivity index (χ0n) is 18.6. The highest BCUT2D eigenvalue weighted by molar-refractivity contribution is 6.11. The molecule has 2 aromatic carbocycles. The quantitative estimate of drug-likeness (QED) is 0.426. The lowest BCUT2D eigenvalue weighted by molar-refractivity contribution is 0.190. The second kappa shape index (κ2) is 12.0. The fourth-order valence-electron chi connectivity index (χ4n) is 3.14. The van der Waals surface area contributed by atoms with Gasteiger partial charge in [-0.1, -0.05) is 18.7 Å². The van der Waals surface area contributed by atoms with Crippen LogP contribution in [0.15, 0.2) is 48.0 Å². The van der Waals surface area contributed by atoms with Crippen molar-refractivity contribution in [2.75, 3.05) is 52.5 Å². The number of halogens is 1. The number of rotatable bonds is 11. The molecule has 0 heterocycles. The monoisotopic (exact) mass is 427 g/mol. The van der Waals surface area contributed by atoms with Crippen LogP contribution in [0.3, 0.4) is 0 Å². The van der Waals surface area contributed by atoms with E-state index in [4.69, 9.17) is 19.6 Å². The Balaban J connectivity index is 2.35. The van der Waals surface area contributed by atoms with Crippen LogP contribution in [0, 0.1) is 11.2 Å². The van der Waals surface area contributed by atoms with Crippen LogP contribution in [0.25, 0.3) is 6.08 Å². The molecular formula is C24H30FN3O3. The zero-order chi connectivity index (χ0) is 22.8. The number of ether oxygens (including phenoxy) is 3. The summed E-state index contributed by atoms with van der Waals surface area (Å²) in [5, 5.41) is 8.32. The van der Waals surface area contributed by atoms with Crippen LogP contribution < -0.4 is 9.64 Å². The van der Waals surface area contributed by atoms with Gasteiger partial charge in [0.2, 0.25) is 0 Å². The Morgan fingerprint density at radius 3 is 2.35 bits per heavy atom. The smallest absolute Gasteiger partial charge is 0.155 e. The predicted molar refractivity (Wildman–Crippen MR) is 124 cm³/mol. The maximum absolute atomic E-state index is 13.7. The number of aliphatic imine (C=N–C) groups is 1. The van der Waals surface area contributed by atoms with Crippen LogP contribution >= 0.6 is 0 Å². The van der Waals surface area contributed by atoms with Gasteiger partial charge in [-0.25, -0.2) is 9.38 Å². The fraction of sp³-hybridized carbons (Fsp3) is 0.333. The number of methoxy groups -OCH3 is 3. The van der Waals surface area contributed by atoms with Gasteiger partial charge in [-0.15, -0.1) is 0 Å². The van der Waals surface area contributed by atoms with Crippen molar-refractivity contribution >= 4 is 23.3 Å². The van der Waals surface area contributed by atoms with E-state index in [1.165, 1.54) is 25.3 Å². The minimum atomic E-state index is -0.445. The Morgan fingerprint density at radius 2 is 1.77 bits per heavy atom. The lowest BCUT2D eigenvalue weighted by Gasteiger charge is -2.26. The highest BCUT2D eigenvalue weighted by Crippen LogP contribution is 2.25. The van der Waals surface area contributed by atoms with Gasteiger partial charge >= 0.3 is 0 Å². The molecule has 0 saturated carbocycles. The summed E-state index contributed by atoms with van der Waals surface area (Å²) in [6.07, 6.45) is 1.79. The van der Waals surface area contributed by atoms with Crippen LogP contribution in [0.4, 0.5) is 10.1 Å². The Morgan fingerprint density at radius 1 is 1.10 bits per heavy atom. The fourth-order valence-corrected chi connectivity index (χ4v) is 3.14. The molecule has 1 N–H and O–H groups in total. The van der Waals surface area contributed by atoms with E-state index in [1.54, 1.807) is 20.3 Å². The maximum atomic E-state index is 13.7. The van der Waals surface area contributed by atoms with Crippen molar-refractivity contribution in [1.82, 2.24) is 0 Å². The zero-order valence-corrected chi connectivity index (χ0v) is 18.6. The molecule has 0 fully saturated rings. The van der Waals surface area contributed by atoms with Gasteiger partial charge in [0, 0.05) is 38.7 Å². The van der Waals surface area contributed by atoms with Crippen LogP contribution in [0.5, 0.6) is 5.75 Å². The summed E-state index contributed by atoms with van der Waals surface area (Å²) in [7, 11) is 4.83. The third-order valence-corrected chi connectivity index (χ3v) is 4.83. The number of anilines is 1. The Bertz CT molecular complexity index is 936. The molecule has 166 valence electrons. The number of amidine groups is 1. The molecule has 7 heteroatoms. The van der Waals surface area contributed by atoms with Crippen LogP contribution in [0.1, 0.15) is 23.6 Å². The molecule has 0 radical (unpaired) electrons. The van der Waals surface area contributed by atoms with Gasteiger partial charge in [0.05, 0.1) is 25.9 Å². The van der Waals surface area contributed by atoms with E-state index >= 15 is 0 Å². The van der Waals surface area contributed by atoms with Crippen molar-refractivity contribution in [1.29, 1.82) is 5.41 Å². The highest BCUT2D eigenvalue weighted by atomic mass is 19.1. The second-order valence-corrected chi connectivity index (χ2v) is 6.84. The van der Waals surface area contributed by atoms with Gasteiger partial charge in [0.25, 0.3) is 0 Å². The molecule has 31 heavy (non-hydrogen) atoms. The van der Waals surface area contributed by atoms with Crippen molar-refractivity contribution in [3.8, 4) is 5.75 Å². The van der Waals surface area contributed by atoms with Gasteiger partial charge < -0.3 is 19.1 Å². The maximum Gasteiger partial charge on any atom is 0.155 e. The number of hydrogen-bond donors (Lipinski definition) is 1. The molecule has 0 saturated heterocycles. The molecule has 6 nitrogen and oxygen atoms in total. The van der Waals surface area contributed by atoms with Crippen molar-refractivity contribution in [2.24, 2.45) is 4.99 Å². The molecule has 0 aliphatic carbocycles. The van der Waals surface area contributed by atoms with Crippen LogP contribution in [0.2, 0.25) is 0 Å². The van der Waals surface area contributed by atoms with E-state index in [9.17, 15) is 4.39 Å². The minimum absolute atomic E-state index is 0.0695. The average Bonchev–Trinajstić information content (AvgIpc) is 2.78. The van der Waals surface area contributed by atoms with Crippen molar-refractivity contribution in [3.63, 3.8) is 0 Å². The van der Waals surface area contributed by atoms with E-state index in [0.717, 1.165) is 29.9 Å². The molecule has 2 rings (SSSR count). The Hall–Kier alpha value is -3.03. The molecule has 2 aromatic rings. The van der Waals surface area contributed by atoms with Gasteiger partial charge in [-0.2, -0.15) is 0 Å². The topological polar surface area (TPSA) is 67.1 Å². The number of nitrogens with one attached hydrogen (secondary N) is 1. The predicted octanol–water partition coefficient (Wildman–Crippen LogP) is 4.41. The van der Waals surface area contributed by atoms with Crippen molar-refractivity contribution < 1.29 is 18.6 Å². The molecule has 0 bridgehead atoms. The summed E-state index contributed by atoms with van der Waals surface area (Å²) < 4.78 is 29.4. The van der Waals surface area contributed by atoms with E-state index < -0.39 is 5.82 Å². The first-order chi connectivity index (χ1) is 14.9. The van der Waals surface area contributed by atoms with E-state index in [1.807, 2.05) is 25.1 Å². The van der Waals surface area contributed by atoms with Crippen molar-refractivity contribution in [3.05, 3.63) is 65.5 Å². The standard InChI is InChI=1S/C24H30FN3O3/c1-6-18-15-19(7-9-22(18)28(11-13-29-3)12-14-30-4)17(2)27-24(26)21-16-20(25)8-10-23(21)31-5/h6-10,15-16,26H,1,11-14H2,2-5H3. The SMILES string of the molecule is C=Cc1cc(C(C)=NC(=N)c2cc(F)ccc2OC)ccc1N(CCOC)CCOC. The molecule has 0 aliphatic heterocycles. The van der Waals surface area contributed by atoms with Crippen LogP contribution in [-0.2, 0) is 9.47 Å². The number of nitrogens with zero attached hydrogens (tertiary/aromatic N) is 2. The molecule has 0 unspecified atom stereocenters. The summed E-state index contributed by atoms with van der Waals surface area (Å²) in [4.78, 5) is 6.56. The first-order valence-corrected chi connectivity index (χ1v) is 9.92. The van der Waals surface area contributed by atoms with Gasteiger partial charge in [0.1, 0.15) is 11.6 Å². The Labute approximate surface area is 183 Å². The average molecular weight is 428 g/mol. The van der Waals surface area contributed by atoms with Crippen LogP contribution in [-0.4, -0.2) is 59.2 Å². The van der Waals surface area contributed by atoms with E-state index in [2.05, 4.69) is 16.5 Å². The minimum Gasteiger partial charge on any atom is -0.496 e. The molecule has 0 spiro atoms. The van der Waals surface area contributed by atoms with E-state index in [-0.39, 0.29) is 5.84 Å². The summed E-state index contributed by atoms with van der Waals surface area (Å²) in [5.41, 5.74) is 3.73. The third-order valence-electron chi connectivity index (χ3n) is 4.83. The van der Waals surface area contributed by atoms with E-state index in [0.29, 0.717) is 30.2 Å². The molecule has 0 aliphatic rings. The lowest BCUT2D eigenvalue weighted by atomic mass is 10.0. The summed E-state index contributed by atoms with van der Waals surface area (Å²) >= 11 is 0. The summed E-state index contributed by atoms with van der Waals surface area (Å²) in [5.74, 6) is -0.115. The number of hydrogen-bond acceptors (Lipinski definition) is 5. The van der Waals surface area contributed by atoms with Gasteiger partial charge in [-0.05, 0) is 48.4 Å². The normalized spacial score (nSPS) is 11.3.